The van der Waals surface area contributed by atoms with E-state index < -0.39 is 11.7 Å². The Bertz CT molecular complexity index is 591. The van der Waals surface area contributed by atoms with Gasteiger partial charge >= 0.3 is 6.18 Å². The Kier molecular flexibility index (Phi) is 5.55. The molecule has 1 N–H and O–H groups in total. The minimum Gasteiger partial charge on any atom is -0.307 e. The third-order valence-corrected chi connectivity index (χ3v) is 3.85. The molecule has 0 aliphatic rings. The molecule has 1 aromatic carbocycles. The van der Waals surface area contributed by atoms with E-state index in [1.54, 1.807) is 11.3 Å². The van der Waals surface area contributed by atoms with Crippen molar-refractivity contribution < 1.29 is 13.2 Å². The summed E-state index contributed by atoms with van der Waals surface area (Å²) in [6.07, 6.45) is -4.28. The molecule has 0 spiro atoms. The van der Waals surface area contributed by atoms with Crippen LogP contribution in [0.1, 0.15) is 21.8 Å². The lowest BCUT2D eigenvalue weighted by molar-refractivity contribution is -0.137. The van der Waals surface area contributed by atoms with Crippen molar-refractivity contribution in [2.45, 2.75) is 25.8 Å². The number of nitrogens with zero attached hydrogens (tertiary/aromatic N) is 2. The van der Waals surface area contributed by atoms with Gasteiger partial charge in [-0.25, -0.2) is 4.98 Å². The molecule has 0 radical (unpaired) electrons. The van der Waals surface area contributed by atoms with Gasteiger partial charge in [0, 0.05) is 25.0 Å². The van der Waals surface area contributed by atoms with E-state index >= 15 is 0 Å². The smallest absolute Gasteiger partial charge is 0.307 e. The largest absolute Gasteiger partial charge is 0.416 e. The molecule has 120 valence electrons. The van der Waals surface area contributed by atoms with Crippen LogP contribution in [0.25, 0.3) is 0 Å². The van der Waals surface area contributed by atoms with Crippen LogP contribution in [0.4, 0.5) is 13.2 Å². The molecular weight excluding hydrogens is 311 g/mol. The molecule has 1 heterocycles. The summed E-state index contributed by atoms with van der Waals surface area (Å²) in [4.78, 5) is 6.55. The second kappa shape index (κ2) is 7.21. The fourth-order valence-corrected chi connectivity index (χ4v) is 2.83. The maximum absolute atomic E-state index is 12.5. The second-order valence-electron chi connectivity index (χ2n) is 5.27. The molecule has 0 saturated heterocycles. The van der Waals surface area contributed by atoms with Gasteiger partial charge in [0.1, 0.15) is 5.01 Å². The molecule has 0 atom stereocenters. The zero-order valence-corrected chi connectivity index (χ0v) is 13.3. The molecule has 0 saturated carbocycles. The van der Waals surface area contributed by atoms with Crippen LogP contribution in [0, 0.1) is 0 Å². The van der Waals surface area contributed by atoms with Crippen LogP contribution in [0.2, 0.25) is 0 Å². The average Bonchev–Trinajstić information content (AvgIpc) is 2.85. The number of rotatable bonds is 6. The predicted molar refractivity (Wildman–Crippen MR) is 81.5 cm³/mol. The summed E-state index contributed by atoms with van der Waals surface area (Å²) < 4.78 is 37.4. The quantitative estimate of drug-likeness (QED) is 0.879. The second-order valence-corrected chi connectivity index (χ2v) is 6.21. The Hall–Kier alpha value is -1.44. The van der Waals surface area contributed by atoms with E-state index in [2.05, 4.69) is 15.2 Å². The first-order valence-electron chi connectivity index (χ1n) is 6.79. The molecule has 0 fully saturated rings. The van der Waals surface area contributed by atoms with Gasteiger partial charge in [-0.2, -0.15) is 13.2 Å². The zero-order valence-electron chi connectivity index (χ0n) is 12.4. The molecule has 7 heteroatoms. The molecule has 0 aliphatic heterocycles. The summed E-state index contributed by atoms with van der Waals surface area (Å²) in [5.74, 6) is 0. The van der Waals surface area contributed by atoms with E-state index in [4.69, 9.17) is 0 Å². The van der Waals surface area contributed by atoms with Crippen molar-refractivity contribution >= 4 is 11.3 Å². The van der Waals surface area contributed by atoms with Gasteiger partial charge in [0.15, 0.2) is 0 Å². The van der Waals surface area contributed by atoms with Crippen molar-refractivity contribution in [2.75, 3.05) is 14.1 Å². The number of benzene rings is 1. The molecule has 3 nitrogen and oxygen atoms in total. The molecule has 22 heavy (non-hydrogen) atoms. The lowest BCUT2D eigenvalue weighted by Gasteiger charge is -2.08. The number of thiazole rings is 1. The highest BCUT2D eigenvalue weighted by molar-refractivity contribution is 7.09. The van der Waals surface area contributed by atoms with Crippen LogP contribution in [-0.4, -0.2) is 24.0 Å². The summed E-state index contributed by atoms with van der Waals surface area (Å²) in [6, 6.07) is 5.20. The summed E-state index contributed by atoms with van der Waals surface area (Å²) >= 11 is 1.61. The first-order valence-corrected chi connectivity index (χ1v) is 7.67. The highest BCUT2D eigenvalue weighted by Crippen LogP contribution is 2.29. The average molecular weight is 329 g/mol. The summed E-state index contributed by atoms with van der Waals surface area (Å²) in [6.45, 7) is 1.92. The number of hydrogen-bond acceptors (Lipinski definition) is 4. The van der Waals surface area contributed by atoms with Crippen LogP contribution < -0.4 is 5.32 Å². The monoisotopic (exact) mass is 329 g/mol. The molecule has 0 amide bonds. The minimum atomic E-state index is -4.28. The SMILES string of the molecule is CN(C)Cc1nc(CNCc2ccc(C(F)(F)F)cc2)cs1. The van der Waals surface area contributed by atoms with Gasteiger partial charge in [0.25, 0.3) is 0 Å². The topological polar surface area (TPSA) is 28.2 Å². The van der Waals surface area contributed by atoms with E-state index in [0.29, 0.717) is 13.1 Å². The van der Waals surface area contributed by atoms with Crippen molar-refractivity contribution in [3.8, 4) is 0 Å². The minimum absolute atomic E-state index is 0.513. The molecule has 1 aromatic heterocycles. The summed E-state index contributed by atoms with van der Waals surface area (Å²) in [7, 11) is 3.98. The van der Waals surface area contributed by atoms with Crippen molar-refractivity contribution in [1.29, 1.82) is 0 Å². The molecule has 0 aliphatic carbocycles. The summed E-state index contributed by atoms with van der Waals surface area (Å²) in [5.41, 5.74) is 1.15. The number of hydrogen-bond donors (Lipinski definition) is 1. The third kappa shape index (κ3) is 5.08. The van der Waals surface area contributed by atoms with Crippen molar-refractivity contribution in [3.05, 3.63) is 51.5 Å². The van der Waals surface area contributed by atoms with Gasteiger partial charge in [-0.1, -0.05) is 12.1 Å². The third-order valence-electron chi connectivity index (χ3n) is 2.97. The molecular formula is C15H18F3N3S. The lowest BCUT2D eigenvalue weighted by Crippen LogP contribution is -2.14. The van der Waals surface area contributed by atoms with E-state index in [9.17, 15) is 13.2 Å². The van der Waals surface area contributed by atoms with E-state index in [-0.39, 0.29) is 0 Å². The predicted octanol–water partition coefficient (Wildman–Crippen LogP) is 3.51. The Labute approximate surface area is 131 Å². The van der Waals surface area contributed by atoms with Gasteiger partial charge < -0.3 is 10.2 Å². The van der Waals surface area contributed by atoms with Crippen LogP contribution in [0.15, 0.2) is 29.6 Å². The lowest BCUT2D eigenvalue weighted by atomic mass is 10.1. The van der Waals surface area contributed by atoms with Gasteiger partial charge in [0.2, 0.25) is 0 Å². The maximum atomic E-state index is 12.5. The first kappa shape index (κ1) is 16.9. The van der Waals surface area contributed by atoms with E-state index in [1.165, 1.54) is 12.1 Å². The van der Waals surface area contributed by atoms with Crippen molar-refractivity contribution in [2.24, 2.45) is 0 Å². The molecule has 2 rings (SSSR count). The number of halogens is 3. The Morgan fingerprint density at radius 2 is 1.82 bits per heavy atom. The Morgan fingerprint density at radius 3 is 2.41 bits per heavy atom. The highest BCUT2D eigenvalue weighted by atomic mass is 32.1. The number of nitrogens with one attached hydrogen (secondary N) is 1. The molecule has 0 unspecified atom stereocenters. The molecule has 2 aromatic rings. The molecule has 0 bridgehead atoms. The maximum Gasteiger partial charge on any atom is 0.416 e. The van der Waals surface area contributed by atoms with Crippen LogP contribution in [-0.2, 0) is 25.8 Å². The van der Waals surface area contributed by atoms with E-state index in [1.807, 2.05) is 19.5 Å². The van der Waals surface area contributed by atoms with Crippen molar-refractivity contribution in [3.63, 3.8) is 0 Å². The Balaban J connectivity index is 1.82. The summed E-state index contributed by atoms with van der Waals surface area (Å²) in [5, 5.41) is 6.24. The van der Waals surface area contributed by atoms with Gasteiger partial charge in [-0.05, 0) is 31.8 Å². The van der Waals surface area contributed by atoms with Crippen LogP contribution in [0.3, 0.4) is 0 Å². The fourth-order valence-electron chi connectivity index (χ4n) is 1.92. The normalized spacial score (nSPS) is 12.1. The van der Waals surface area contributed by atoms with Gasteiger partial charge in [-0.15, -0.1) is 11.3 Å². The van der Waals surface area contributed by atoms with Crippen LogP contribution >= 0.6 is 11.3 Å². The van der Waals surface area contributed by atoms with E-state index in [0.717, 1.165) is 34.9 Å². The van der Waals surface area contributed by atoms with Crippen LogP contribution in [0.5, 0.6) is 0 Å². The van der Waals surface area contributed by atoms with Gasteiger partial charge in [-0.3, -0.25) is 0 Å². The zero-order chi connectivity index (χ0) is 16.2. The first-order chi connectivity index (χ1) is 10.3. The van der Waals surface area contributed by atoms with Crippen molar-refractivity contribution in [1.82, 2.24) is 15.2 Å². The fraction of sp³-hybridized carbons (Fsp3) is 0.400. The number of aromatic nitrogens is 1. The standard InChI is InChI=1S/C15H18F3N3S/c1-21(2)9-14-20-13(10-22-14)8-19-7-11-3-5-12(6-4-11)15(16,17)18/h3-6,10,19H,7-9H2,1-2H3. The van der Waals surface area contributed by atoms with Gasteiger partial charge in [0.05, 0.1) is 11.3 Å². The Morgan fingerprint density at radius 1 is 1.14 bits per heavy atom. The highest BCUT2D eigenvalue weighted by Gasteiger charge is 2.29. The number of alkyl halides is 3.